The van der Waals surface area contributed by atoms with E-state index >= 15 is 0 Å². The van der Waals surface area contributed by atoms with Crippen LogP contribution in [0.2, 0.25) is 5.02 Å². The normalized spacial score (nSPS) is 10.3. The lowest BCUT2D eigenvalue weighted by atomic mass is 10.1. The van der Waals surface area contributed by atoms with Crippen LogP contribution < -0.4 is 4.74 Å². The number of Topliss-reactive ketones (excluding diaryl/α,β-unsaturated/α-hetero) is 1. The lowest BCUT2D eigenvalue weighted by Gasteiger charge is -2.10. The van der Waals surface area contributed by atoms with Crippen molar-refractivity contribution in [3.05, 3.63) is 64.2 Å². The largest absolute Gasteiger partial charge is 0.488 e. The molecule has 4 heteroatoms. The molecule has 2 aromatic rings. The Balaban J connectivity index is 2.12. The minimum Gasteiger partial charge on any atom is -0.488 e. The zero-order valence-electron chi connectivity index (χ0n) is 11.1. The van der Waals surface area contributed by atoms with Gasteiger partial charge in [0.05, 0.1) is 12.2 Å². The quantitative estimate of drug-likeness (QED) is 0.856. The van der Waals surface area contributed by atoms with Crippen LogP contribution in [0.25, 0.3) is 0 Å². The summed E-state index contributed by atoms with van der Waals surface area (Å²) in [4.78, 5) is 11.5. The summed E-state index contributed by atoms with van der Waals surface area (Å²) in [5.74, 6) is 0.436. The number of hydrogen-bond donors (Lipinski definition) is 1. The van der Waals surface area contributed by atoms with E-state index in [1.807, 2.05) is 24.3 Å². The van der Waals surface area contributed by atoms with Crippen LogP contribution in [-0.4, -0.2) is 10.9 Å². The van der Waals surface area contributed by atoms with Crippen LogP contribution in [0.1, 0.15) is 28.4 Å². The maximum absolute atomic E-state index is 11.5. The molecular formula is C16H15ClO3. The fraction of sp³-hybridized carbons (Fsp3) is 0.188. The number of halogens is 1. The van der Waals surface area contributed by atoms with Crippen LogP contribution in [0.4, 0.5) is 0 Å². The molecular weight excluding hydrogens is 276 g/mol. The molecule has 0 radical (unpaired) electrons. The molecule has 0 aliphatic rings. The average molecular weight is 291 g/mol. The Labute approximate surface area is 122 Å². The summed E-state index contributed by atoms with van der Waals surface area (Å²) in [6.45, 7) is 1.86. The molecule has 0 aliphatic carbocycles. The molecule has 0 unspecified atom stereocenters. The van der Waals surface area contributed by atoms with E-state index in [9.17, 15) is 4.79 Å². The first-order valence-corrected chi connectivity index (χ1v) is 6.60. The van der Waals surface area contributed by atoms with Crippen molar-refractivity contribution in [3.8, 4) is 5.75 Å². The second-order valence-electron chi connectivity index (χ2n) is 4.46. The molecule has 2 rings (SSSR count). The summed E-state index contributed by atoms with van der Waals surface area (Å²) in [6.07, 6.45) is 0. The molecule has 0 aromatic heterocycles. The van der Waals surface area contributed by atoms with Crippen LogP contribution in [0.3, 0.4) is 0 Å². The number of hydrogen-bond acceptors (Lipinski definition) is 3. The molecule has 0 aliphatic heterocycles. The molecule has 0 amide bonds. The predicted molar refractivity (Wildman–Crippen MR) is 78.2 cm³/mol. The number of ketones is 1. The number of rotatable bonds is 5. The monoisotopic (exact) mass is 290 g/mol. The maximum atomic E-state index is 11.5. The number of aliphatic hydroxyl groups is 1. The van der Waals surface area contributed by atoms with E-state index < -0.39 is 0 Å². The van der Waals surface area contributed by atoms with Crippen LogP contribution in [-0.2, 0) is 13.2 Å². The Kier molecular flexibility index (Phi) is 4.77. The smallest absolute Gasteiger partial charge is 0.163 e. The molecule has 0 fully saturated rings. The van der Waals surface area contributed by atoms with Crippen molar-refractivity contribution in [1.29, 1.82) is 0 Å². The fourth-order valence-corrected chi connectivity index (χ4v) is 1.98. The minimum atomic E-state index is -0.0851. The molecule has 104 valence electrons. The second-order valence-corrected chi connectivity index (χ2v) is 4.90. The highest BCUT2D eigenvalue weighted by Gasteiger charge is 2.09. The molecule has 20 heavy (non-hydrogen) atoms. The van der Waals surface area contributed by atoms with Crippen molar-refractivity contribution in [2.75, 3.05) is 0 Å². The molecule has 0 saturated carbocycles. The highest BCUT2D eigenvalue weighted by molar-refractivity contribution is 6.31. The maximum Gasteiger partial charge on any atom is 0.163 e. The molecule has 0 bridgehead atoms. The van der Waals surface area contributed by atoms with Crippen molar-refractivity contribution < 1.29 is 14.6 Å². The summed E-state index contributed by atoms with van der Waals surface area (Å²) < 4.78 is 5.67. The van der Waals surface area contributed by atoms with Gasteiger partial charge in [-0.3, -0.25) is 4.79 Å². The fourth-order valence-electron chi connectivity index (χ4n) is 1.81. The Morgan fingerprint density at radius 1 is 1.15 bits per heavy atom. The van der Waals surface area contributed by atoms with Crippen molar-refractivity contribution in [2.45, 2.75) is 20.1 Å². The number of benzene rings is 2. The number of carbonyl (C=O) groups excluding carboxylic acids is 1. The summed E-state index contributed by atoms with van der Waals surface area (Å²) in [5.41, 5.74) is 2.29. The zero-order valence-corrected chi connectivity index (χ0v) is 11.9. The van der Waals surface area contributed by atoms with Crippen LogP contribution in [0.15, 0.2) is 42.5 Å². The molecule has 0 saturated heterocycles. The van der Waals surface area contributed by atoms with Gasteiger partial charge in [-0.25, -0.2) is 0 Å². The molecule has 0 spiro atoms. The van der Waals surface area contributed by atoms with E-state index in [-0.39, 0.29) is 12.4 Å². The molecule has 1 N–H and O–H groups in total. The Hall–Kier alpha value is -1.84. The van der Waals surface area contributed by atoms with Gasteiger partial charge in [0.1, 0.15) is 12.4 Å². The third-order valence-corrected chi connectivity index (χ3v) is 3.16. The third-order valence-electron chi connectivity index (χ3n) is 2.92. The van der Waals surface area contributed by atoms with Gasteiger partial charge in [0.15, 0.2) is 5.78 Å². The van der Waals surface area contributed by atoms with Crippen molar-refractivity contribution >= 4 is 17.4 Å². The zero-order chi connectivity index (χ0) is 14.5. The van der Waals surface area contributed by atoms with Crippen LogP contribution in [0.5, 0.6) is 5.75 Å². The standard InChI is InChI=1S/C16H15ClO3/c1-11(19)15-8-14(17)6-7-16(15)20-10-13-4-2-12(9-18)3-5-13/h2-8,18H,9-10H2,1H3. The molecule has 0 heterocycles. The Morgan fingerprint density at radius 3 is 2.40 bits per heavy atom. The van der Waals surface area contributed by atoms with Gasteiger partial charge in [0.25, 0.3) is 0 Å². The van der Waals surface area contributed by atoms with Crippen molar-refractivity contribution in [2.24, 2.45) is 0 Å². The number of ether oxygens (including phenoxy) is 1. The van der Waals surface area contributed by atoms with Crippen LogP contribution in [0, 0.1) is 0 Å². The van der Waals surface area contributed by atoms with E-state index in [0.717, 1.165) is 11.1 Å². The van der Waals surface area contributed by atoms with Gasteiger partial charge in [-0.1, -0.05) is 35.9 Å². The number of aliphatic hydroxyl groups excluding tert-OH is 1. The predicted octanol–water partition coefficient (Wildman–Crippen LogP) is 3.61. The van der Waals surface area contributed by atoms with Gasteiger partial charge < -0.3 is 9.84 Å². The summed E-state index contributed by atoms with van der Waals surface area (Å²) in [5, 5.41) is 9.49. The van der Waals surface area contributed by atoms with Crippen LogP contribution >= 0.6 is 11.6 Å². The summed E-state index contributed by atoms with van der Waals surface area (Å²) in [6, 6.07) is 12.4. The molecule has 3 nitrogen and oxygen atoms in total. The first-order chi connectivity index (χ1) is 9.60. The van der Waals surface area contributed by atoms with E-state index in [0.29, 0.717) is 22.9 Å². The van der Waals surface area contributed by atoms with E-state index in [4.69, 9.17) is 21.4 Å². The SMILES string of the molecule is CC(=O)c1cc(Cl)ccc1OCc1ccc(CO)cc1. The minimum absolute atomic E-state index is 0.0206. The summed E-state index contributed by atoms with van der Waals surface area (Å²) >= 11 is 5.88. The first kappa shape index (κ1) is 14.6. The average Bonchev–Trinajstić information content (AvgIpc) is 2.46. The number of carbonyl (C=O) groups is 1. The Bertz CT molecular complexity index is 606. The van der Waals surface area contributed by atoms with Crippen molar-refractivity contribution in [1.82, 2.24) is 0 Å². The van der Waals surface area contributed by atoms with Gasteiger partial charge in [-0.15, -0.1) is 0 Å². The van der Waals surface area contributed by atoms with Gasteiger partial charge in [-0.2, -0.15) is 0 Å². The lowest BCUT2D eigenvalue weighted by Crippen LogP contribution is -2.01. The topological polar surface area (TPSA) is 46.5 Å². The molecule has 2 aromatic carbocycles. The second kappa shape index (κ2) is 6.55. The highest BCUT2D eigenvalue weighted by atomic mass is 35.5. The van der Waals surface area contributed by atoms with E-state index in [1.54, 1.807) is 18.2 Å². The van der Waals surface area contributed by atoms with Gasteiger partial charge >= 0.3 is 0 Å². The first-order valence-electron chi connectivity index (χ1n) is 6.22. The van der Waals surface area contributed by atoms with Gasteiger partial charge in [0, 0.05) is 5.02 Å². The van der Waals surface area contributed by atoms with E-state index in [2.05, 4.69) is 0 Å². The highest BCUT2D eigenvalue weighted by Crippen LogP contribution is 2.24. The van der Waals surface area contributed by atoms with Crippen molar-refractivity contribution in [3.63, 3.8) is 0 Å². The van der Waals surface area contributed by atoms with E-state index in [1.165, 1.54) is 6.92 Å². The Morgan fingerprint density at radius 2 is 1.80 bits per heavy atom. The van der Waals surface area contributed by atoms with Gasteiger partial charge in [-0.05, 0) is 36.2 Å². The van der Waals surface area contributed by atoms with Gasteiger partial charge in [0.2, 0.25) is 0 Å². The third kappa shape index (κ3) is 3.59. The molecule has 0 atom stereocenters. The lowest BCUT2D eigenvalue weighted by molar-refractivity contribution is 0.101. The summed E-state index contributed by atoms with van der Waals surface area (Å²) in [7, 11) is 0.